The van der Waals surface area contributed by atoms with Gasteiger partial charge in [0.25, 0.3) is 11.5 Å². The number of amides is 1. The Morgan fingerprint density at radius 3 is 2.44 bits per heavy atom. The van der Waals surface area contributed by atoms with Crippen molar-refractivity contribution in [1.82, 2.24) is 9.55 Å². The van der Waals surface area contributed by atoms with Crippen LogP contribution in [0.1, 0.15) is 35.3 Å². The molecule has 5 aromatic rings. The molecule has 7 nitrogen and oxygen atoms in total. The van der Waals surface area contributed by atoms with Gasteiger partial charge >= 0.3 is 0 Å². The highest BCUT2D eigenvalue weighted by Gasteiger charge is 2.19. The molecule has 2 heterocycles. The summed E-state index contributed by atoms with van der Waals surface area (Å²) in [6.07, 6.45) is 3.39. The van der Waals surface area contributed by atoms with Gasteiger partial charge in [-0.05, 0) is 66.9 Å². The Morgan fingerprint density at radius 2 is 1.74 bits per heavy atom. The number of carbonyl (C=O) groups excluding carboxylic acids is 1. The third kappa shape index (κ3) is 6.52. The van der Waals surface area contributed by atoms with Crippen molar-refractivity contribution in [2.75, 3.05) is 5.32 Å². The lowest BCUT2D eigenvalue weighted by Gasteiger charge is -2.13. The van der Waals surface area contributed by atoms with E-state index in [1.807, 2.05) is 44.2 Å². The van der Waals surface area contributed by atoms with Gasteiger partial charge in [-0.15, -0.1) is 0 Å². The zero-order valence-corrected chi connectivity index (χ0v) is 23.9. The molecule has 2 aromatic heterocycles. The van der Waals surface area contributed by atoms with Crippen molar-refractivity contribution in [2.45, 2.75) is 20.3 Å². The van der Waals surface area contributed by atoms with Crippen LogP contribution >= 0.6 is 11.6 Å². The number of halogens is 3. The van der Waals surface area contributed by atoms with Crippen LogP contribution in [0.3, 0.4) is 0 Å². The molecular weight excluding hydrogens is 574 g/mol. The number of ether oxygens (including phenoxy) is 1. The zero-order valence-electron chi connectivity index (χ0n) is 23.1. The van der Waals surface area contributed by atoms with Crippen LogP contribution in [-0.4, -0.2) is 21.2 Å². The maximum absolute atomic E-state index is 15.1. The molecule has 0 aliphatic carbocycles. The lowest BCUT2D eigenvalue weighted by molar-refractivity contribution is 0.102. The molecule has 43 heavy (non-hydrogen) atoms. The molecule has 0 fully saturated rings. The quantitative estimate of drug-likeness (QED) is 0.184. The Bertz CT molecular complexity index is 1890. The predicted molar refractivity (Wildman–Crippen MR) is 163 cm³/mol. The highest BCUT2D eigenvalue weighted by molar-refractivity contribution is 6.34. The van der Waals surface area contributed by atoms with E-state index in [9.17, 15) is 14.0 Å². The minimum Gasteiger partial charge on any atom is -0.453 e. The number of nitrogens with one attached hydrogen (secondary N) is 1. The van der Waals surface area contributed by atoms with E-state index in [4.69, 9.17) is 16.3 Å². The summed E-state index contributed by atoms with van der Waals surface area (Å²) in [4.78, 5) is 35.2. The average Bonchev–Trinajstić information content (AvgIpc) is 3.01. The highest BCUT2D eigenvalue weighted by atomic mass is 35.5. The van der Waals surface area contributed by atoms with Gasteiger partial charge < -0.3 is 10.1 Å². The van der Waals surface area contributed by atoms with Crippen molar-refractivity contribution in [1.29, 1.82) is 0 Å². The Labute approximate surface area is 251 Å². The number of aliphatic imine (C=N–C) groups is 1. The van der Waals surface area contributed by atoms with Crippen LogP contribution in [0.2, 0.25) is 5.02 Å². The number of hydrogen-bond acceptors (Lipinski definition) is 5. The van der Waals surface area contributed by atoms with Crippen molar-refractivity contribution >= 4 is 34.7 Å². The first kappa shape index (κ1) is 29.3. The van der Waals surface area contributed by atoms with E-state index >= 15 is 4.39 Å². The Hall–Kier alpha value is -5.15. The number of aryl methyl sites for hydroxylation is 1. The number of rotatable bonds is 8. The number of carbonyl (C=O) groups is 1. The van der Waals surface area contributed by atoms with E-state index in [1.54, 1.807) is 6.07 Å². The molecule has 0 atom stereocenters. The number of anilines is 1. The van der Waals surface area contributed by atoms with Gasteiger partial charge in [0, 0.05) is 41.6 Å². The summed E-state index contributed by atoms with van der Waals surface area (Å²) < 4.78 is 35.5. The highest BCUT2D eigenvalue weighted by Crippen LogP contribution is 2.36. The summed E-state index contributed by atoms with van der Waals surface area (Å²) in [5.41, 5.74) is 1.91. The maximum atomic E-state index is 15.1. The molecule has 3 aromatic carbocycles. The minimum absolute atomic E-state index is 0.0995. The van der Waals surface area contributed by atoms with Gasteiger partial charge in [0.15, 0.2) is 23.1 Å². The monoisotopic (exact) mass is 598 g/mol. The van der Waals surface area contributed by atoms with Crippen LogP contribution in [0.25, 0.3) is 5.69 Å². The maximum Gasteiger partial charge on any atom is 0.268 e. The van der Waals surface area contributed by atoms with Gasteiger partial charge in [0.1, 0.15) is 16.4 Å². The normalized spacial score (nSPS) is 11.3. The van der Waals surface area contributed by atoms with Gasteiger partial charge in [-0.25, -0.2) is 18.8 Å². The first-order chi connectivity index (χ1) is 20.7. The zero-order chi connectivity index (χ0) is 30.5. The van der Waals surface area contributed by atoms with Gasteiger partial charge in [-0.3, -0.25) is 14.2 Å². The lowest BCUT2D eigenvalue weighted by Crippen LogP contribution is -2.30. The average molecular weight is 599 g/mol. The lowest BCUT2D eigenvalue weighted by atomic mass is 10.1. The van der Waals surface area contributed by atoms with Crippen LogP contribution in [0.4, 0.5) is 20.3 Å². The van der Waals surface area contributed by atoms with E-state index in [0.717, 1.165) is 11.6 Å². The fourth-order valence-electron chi connectivity index (χ4n) is 4.36. The summed E-state index contributed by atoms with van der Waals surface area (Å²) in [5, 5.41) is 2.69. The molecule has 0 saturated heterocycles. The summed E-state index contributed by atoms with van der Waals surface area (Å²) in [6.45, 7) is 3.63. The van der Waals surface area contributed by atoms with Crippen LogP contribution in [0, 0.1) is 11.6 Å². The number of pyridine rings is 2. The minimum atomic E-state index is -0.774. The second-order valence-corrected chi connectivity index (χ2v) is 9.81. The predicted octanol–water partition coefficient (Wildman–Crippen LogP) is 7.91. The Kier molecular flexibility index (Phi) is 8.73. The van der Waals surface area contributed by atoms with E-state index in [0.29, 0.717) is 23.4 Å². The number of nitrogens with zero attached hydrogens (tertiary/aromatic N) is 3. The molecule has 0 aliphatic rings. The summed E-state index contributed by atoms with van der Waals surface area (Å²) in [6, 6.07) is 21.8. The summed E-state index contributed by atoms with van der Waals surface area (Å²) in [5.74, 6) is -1.72. The fourth-order valence-corrected chi connectivity index (χ4v) is 4.56. The fraction of sp³-hybridized carbons (Fsp3) is 0.0909. The molecule has 0 spiro atoms. The molecular formula is C33H25ClF2N4O3. The molecule has 0 bridgehead atoms. The van der Waals surface area contributed by atoms with Gasteiger partial charge in [-0.2, -0.15) is 0 Å². The van der Waals surface area contributed by atoms with Crippen molar-refractivity contribution in [2.24, 2.45) is 4.99 Å². The number of aromatic nitrogens is 2. The van der Waals surface area contributed by atoms with E-state index < -0.39 is 23.1 Å². The topological polar surface area (TPSA) is 85.6 Å². The second kappa shape index (κ2) is 12.8. The largest absolute Gasteiger partial charge is 0.453 e. The van der Waals surface area contributed by atoms with Crippen molar-refractivity contribution < 1.29 is 18.3 Å². The van der Waals surface area contributed by atoms with Gasteiger partial charge in [0.05, 0.1) is 0 Å². The molecule has 10 heteroatoms. The molecule has 0 saturated carbocycles. The SMILES string of the molecule is CCc1ccn(-c2ccc(F)cc2)c(=O)c1C(=O)Nc1ccc(Oc2ccnc(N=C(C)c3ccccc3)c2Cl)c(F)c1. The van der Waals surface area contributed by atoms with Gasteiger partial charge in [-0.1, -0.05) is 48.9 Å². The first-order valence-corrected chi connectivity index (χ1v) is 13.7. The van der Waals surface area contributed by atoms with Crippen LogP contribution in [-0.2, 0) is 6.42 Å². The van der Waals surface area contributed by atoms with Gasteiger partial charge in [0.2, 0.25) is 0 Å². The molecule has 0 aliphatic heterocycles. The first-order valence-electron chi connectivity index (χ1n) is 13.3. The van der Waals surface area contributed by atoms with Crippen LogP contribution in [0.5, 0.6) is 11.5 Å². The van der Waals surface area contributed by atoms with Crippen LogP contribution in [0.15, 0.2) is 107 Å². The van der Waals surface area contributed by atoms with Crippen molar-refractivity contribution in [3.8, 4) is 17.2 Å². The van der Waals surface area contributed by atoms with E-state index in [2.05, 4.69) is 15.3 Å². The Morgan fingerprint density at radius 1 is 1.00 bits per heavy atom. The van der Waals surface area contributed by atoms with E-state index in [1.165, 1.54) is 59.4 Å². The van der Waals surface area contributed by atoms with Crippen molar-refractivity contribution in [3.63, 3.8) is 0 Å². The summed E-state index contributed by atoms with van der Waals surface area (Å²) in [7, 11) is 0. The third-order valence-electron chi connectivity index (χ3n) is 6.60. The second-order valence-electron chi connectivity index (χ2n) is 9.43. The standard InChI is InChI=1S/C33H25ClF2N4O3/c1-3-21-16-18-40(25-12-9-23(35)10-13-25)33(42)29(21)32(41)39-24-11-14-27(26(36)19-24)43-28-15-17-37-31(30(28)34)38-20(2)22-7-5-4-6-8-22/h4-19H,3H2,1-2H3,(H,39,41). The molecule has 1 N–H and O–H groups in total. The molecule has 1 amide bonds. The number of benzene rings is 3. The van der Waals surface area contributed by atoms with Crippen LogP contribution < -0.4 is 15.6 Å². The van der Waals surface area contributed by atoms with E-state index in [-0.39, 0.29) is 33.6 Å². The smallest absolute Gasteiger partial charge is 0.268 e. The summed E-state index contributed by atoms with van der Waals surface area (Å²) >= 11 is 6.49. The van der Waals surface area contributed by atoms with Crippen molar-refractivity contribution in [3.05, 3.63) is 141 Å². The molecule has 0 radical (unpaired) electrons. The molecule has 216 valence electrons. The molecule has 5 rings (SSSR count). The molecule has 0 unspecified atom stereocenters. The number of hydrogen-bond donors (Lipinski definition) is 1. The third-order valence-corrected chi connectivity index (χ3v) is 6.96. The Balaban J connectivity index is 1.37.